The van der Waals surface area contributed by atoms with Crippen molar-refractivity contribution >= 4 is 23.4 Å². The third-order valence-electron chi connectivity index (χ3n) is 3.13. The molecule has 1 N–H and O–H groups in total. The number of benzene rings is 2. The first kappa shape index (κ1) is 15.4. The summed E-state index contributed by atoms with van der Waals surface area (Å²) in [5, 5.41) is 4.33. The molecule has 0 aliphatic heterocycles. The van der Waals surface area contributed by atoms with Crippen molar-refractivity contribution in [1.29, 1.82) is 0 Å². The van der Waals surface area contributed by atoms with E-state index in [0.717, 1.165) is 17.3 Å². The Morgan fingerprint density at radius 1 is 1.15 bits per heavy atom. The summed E-state index contributed by atoms with van der Waals surface area (Å²) < 4.78 is 0. The van der Waals surface area contributed by atoms with Crippen molar-refractivity contribution in [1.82, 2.24) is 5.32 Å². The largest absolute Gasteiger partial charge is 0.309 e. The smallest absolute Gasteiger partial charge is 0.0415 e. The summed E-state index contributed by atoms with van der Waals surface area (Å²) >= 11 is 7.84. The molecule has 0 aliphatic rings. The van der Waals surface area contributed by atoms with E-state index in [1.165, 1.54) is 16.0 Å². The van der Waals surface area contributed by atoms with E-state index in [-0.39, 0.29) is 0 Å². The molecule has 0 saturated heterocycles. The SMILES string of the molecule is CCNC(CSc1cccc(C)c1)c1ccc(Cl)cc1. The number of rotatable bonds is 6. The third kappa shape index (κ3) is 4.55. The topological polar surface area (TPSA) is 12.0 Å². The Morgan fingerprint density at radius 3 is 2.55 bits per heavy atom. The number of hydrogen-bond donors (Lipinski definition) is 1. The second-order valence-corrected chi connectivity index (χ2v) is 6.32. The normalized spacial score (nSPS) is 12.3. The lowest BCUT2D eigenvalue weighted by molar-refractivity contribution is 0.606. The van der Waals surface area contributed by atoms with Gasteiger partial charge in [0, 0.05) is 21.7 Å². The zero-order valence-electron chi connectivity index (χ0n) is 11.9. The first-order valence-electron chi connectivity index (χ1n) is 6.87. The number of thioether (sulfide) groups is 1. The monoisotopic (exact) mass is 305 g/mol. The standard InChI is InChI=1S/C17H20ClNS/c1-3-19-17(14-7-9-15(18)10-8-14)12-20-16-6-4-5-13(2)11-16/h4-11,17,19H,3,12H2,1-2H3. The maximum absolute atomic E-state index is 5.96. The molecule has 2 aromatic carbocycles. The zero-order valence-corrected chi connectivity index (χ0v) is 13.5. The average molecular weight is 306 g/mol. The molecule has 0 bridgehead atoms. The van der Waals surface area contributed by atoms with Crippen molar-refractivity contribution in [3.05, 3.63) is 64.7 Å². The number of aryl methyl sites for hydroxylation is 1. The summed E-state index contributed by atoms with van der Waals surface area (Å²) in [6.07, 6.45) is 0. The van der Waals surface area contributed by atoms with E-state index in [2.05, 4.69) is 55.6 Å². The van der Waals surface area contributed by atoms with Crippen LogP contribution in [-0.4, -0.2) is 12.3 Å². The molecule has 1 unspecified atom stereocenters. The van der Waals surface area contributed by atoms with Gasteiger partial charge in [-0.05, 0) is 43.3 Å². The van der Waals surface area contributed by atoms with Crippen LogP contribution in [0.2, 0.25) is 5.02 Å². The Morgan fingerprint density at radius 2 is 1.90 bits per heavy atom. The van der Waals surface area contributed by atoms with Gasteiger partial charge in [0.2, 0.25) is 0 Å². The van der Waals surface area contributed by atoms with Crippen LogP contribution in [0, 0.1) is 6.92 Å². The highest BCUT2D eigenvalue weighted by atomic mass is 35.5. The van der Waals surface area contributed by atoms with Gasteiger partial charge in [-0.2, -0.15) is 0 Å². The quantitative estimate of drug-likeness (QED) is 0.746. The van der Waals surface area contributed by atoms with Gasteiger partial charge in [0.15, 0.2) is 0 Å². The van der Waals surface area contributed by atoms with Crippen LogP contribution in [0.25, 0.3) is 0 Å². The molecule has 0 saturated carbocycles. The molecule has 2 rings (SSSR count). The third-order valence-corrected chi connectivity index (χ3v) is 4.47. The molecule has 3 heteroatoms. The molecule has 0 aromatic heterocycles. The minimum Gasteiger partial charge on any atom is -0.309 e. The maximum Gasteiger partial charge on any atom is 0.0415 e. The summed E-state index contributed by atoms with van der Waals surface area (Å²) in [5.74, 6) is 1.01. The molecule has 1 nitrogen and oxygen atoms in total. The molecule has 0 radical (unpaired) electrons. The molecule has 2 aromatic rings. The van der Waals surface area contributed by atoms with Crippen molar-refractivity contribution in [2.75, 3.05) is 12.3 Å². The highest BCUT2D eigenvalue weighted by Crippen LogP contribution is 2.26. The zero-order chi connectivity index (χ0) is 14.4. The second kappa shape index (κ2) is 7.72. The van der Waals surface area contributed by atoms with Gasteiger partial charge in [-0.3, -0.25) is 0 Å². The van der Waals surface area contributed by atoms with Crippen molar-refractivity contribution in [3.8, 4) is 0 Å². The summed E-state index contributed by atoms with van der Waals surface area (Å²) in [6, 6.07) is 17.1. The van der Waals surface area contributed by atoms with Crippen LogP contribution in [0.3, 0.4) is 0 Å². The molecule has 20 heavy (non-hydrogen) atoms. The summed E-state index contributed by atoms with van der Waals surface area (Å²) in [7, 11) is 0. The van der Waals surface area contributed by atoms with Crippen LogP contribution in [0.4, 0.5) is 0 Å². The van der Waals surface area contributed by atoms with Crippen molar-refractivity contribution in [2.24, 2.45) is 0 Å². The van der Waals surface area contributed by atoms with E-state index in [9.17, 15) is 0 Å². The Kier molecular flexibility index (Phi) is 5.96. The van der Waals surface area contributed by atoms with Crippen molar-refractivity contribution in [2.45, 2.75) is 24.8 Å². The fourth-order valence-corrected chi connectivity index (χ4v) is 3.34. The lowest BCUT2D eigenvalue weighted by Gasteiger charge is -2.18. The van der Waals surface area contributed by atoms with E-state index in [1.807, 2.05) is 23.9 Å². The van der Waals surface area contributed by atoms with Crippen LogP contribution in [-0.2, 0) is 0 Å². The summed E-state index contributed by atoms with van der Waals surface area (Å²) in [4.78, 5) is 1.32. The van der Waals surface area contributed by atoms with Crippen LogP contribution >= 0.6 is 23.4 Å². The molecule has 1 atom stereocenters. The van der Waals surface area contributed by atoms with Crippen LogP contribution in [0.5, 0.6) is 0 Å². The first-order valence-corrected chi connectivity index (χ1v) is 8.23. The van der Waals surface area contributed by atoms with E-state index >= 15 is 0 Å². The molecule has 0 amide bonds. The van der Waals surface area contributed by atoms with Gasteiger partial charge in [0.05, 0.1) is 0 Å². The number of nitrogens with one attached hydrogen (secondary N) is 1. The van der Waals surface area contributed by atoms with Crippen molar-refractivity contribution in [3.63, 3.8) is 0 Å². The number of hydrogen-bond acceptors (Lipinski definition) is 2. The molecule has 106 valence electrons. The van der Waals surface area contributed by atoms with Gasteiger partial charge in [-0.25, -0.2) is 0 Å². The Hall–Kier alpha value is -0.960. The fourth-order valence-electron chi connectivity index (χ4n) is 2.10. The minimum atomic E-state index is 0.350. The predicted molar refractivity (Wildman–Crippen MR) is 89.8 cm³/mol. The molecule has 0 heterocycles. The minimum absolute atomic E-state index is 0.350. The van der Waals surface area contributed by atoms with Gasteiger partial charge in [-0.15, -0.1) is 11.8 Å². The van der Waals surface area contributed by atoms with Gasteiger partial charge >= 0.3 is 0 Å². The van der Waals surface area contributed by atoms with E-state index < -0.39 is 0 Å². The summed E-state index contributed by atoms with van der Waals surface area (Å²) in [5.41, 5.74) is 2.60. The molecule has 0 fully saturated rings. The average Bonchev–Trinajstić information content (AvgIpc) is 2.44. The van der Waals surface area contributed by atoms with Gasteiger partial charge < -0.3 is 5.32 Å². The molecular formula is C17H20ClNS. The molecule has 0 spiro atoms. The van der Waals surface area contributed by atoms with E-state index in [1.54, 1.807) is 0 Å². The van der Waals surface area contributed by atoms with Gasteiger partial charge in [0.1, 0.15) is 0 Å². The van der Waals surface area contributed by atoms with Crippen molar-refractivity contribution < 1.29 is 0 Å². The highest BCUT2D eigenvalue weighted by Gasteiger charge is 2.10. The Balaban J connectivity index is 2.04. The Labute approximate surface area is 130 Å². The van der Waals surface area contributed by atoms with E-state index in [0.29, 0.717) is 6.04 Å². The van der Waals surface area contributed by atoms with Crippen LogP contribution in [0.15, 0.2) is 53.4 Å². The summed E-state index contributed by atoms with van der Waals surface area (Å²) in [6.45, 7) is 5.23. The maximum atomic E-state index is 5.96. The first-order chi connectivity index (χ1) is 9.69. The second-order valence-electron chi connectivity index (χ2n) is 4.79. The lowest BCUT2D eigenvalue weighted by atomic mass is 10.1. The van der Waals surface area contributed by atoms with Crippen LogP contribution in [0.1, 0.15) is 24.1 Å². The fraction of sp³-hybridized carbons (Fsp3) is 0.294. The molecular weight excluding hydrogens is 286 g/mol. The number of halogens is 1. The van der Waals surface area contributed by atoms with Crippen LogP contribution < -0.4 is 5.32 Å². The highest BCUT2D eigenvalue weighted by molar-refractivity contribution is 7.99. The van der Waals surface area contributed by atoms with E-state index in [4.69, 9.17) is 11.6 Å². The predicted octanol–water partition coefficient (Wildman–Crippen LogP) is 5.09. The van der Waals surface area contributed by atoms with Gasteiger partial charge in [-0.1, -0.05) is 48.4 Å². The Bertz CT molecular complexity index is 539. The molecule has 0 aliphatic carbocycles. The lowest BCUT2D eigenvalue weighted by Crippen LogP contribution is -2.22. The van der Waals surface area contributed by atoms with Gasteiger partial charge in [0.25, 0.3) is 0 Å².